The summed E-state index contributed by atoms with van der Waals surface area (Å²) in [5.74, 6) is -2.41. The minimum Gasteiger partial charge on any atom is -0.381 e. The highest BCUT2D eigenvalue weighted by molar-refractivity contribution is 8.04. The van der Waals surface area contributed by atoms with Gasteiger partial charge in [0.05, 0.1) is 11.1 Å². The SMILES string of the molecule is O=S(=O)(CS(=O)(=O)Oc1ccccc1C(F)(F)F)Oc1ccccc1C(F)(F)F. The summed E-state index contributed by atoms with van der Waals surface area (Å²) in [4.78, 5) is 0. The fourth-order valence-electron chi connectivity index (χ4n) is 2.05. The van der Waals surface area contributed by atoms with E-state index in [0.717, 1.165) is 24.3 Å². The molecule has 0 saturated heterocycles. The molecule has 0 spiro atoms. The first kappa shape index (κ1) is 22.8. The van der Waals surface area contributed by atoms with Gasteiger partial charge in [-0.2, -0.15) is 43.2 Å². The zero-order valence-corrected chi connectivity index (χ0v) is 15.5. The molecule has 0 bridgehead atoms. The Morgan fingerprint density at radius 1 is 0.621 bits per heavy atom. The summed E-state index contributed by atoms with van der Waals surface area (Å²) in [6.45, 7) is 0. The molecule has 0 aliphatic carbocycles. The standard InChI is InChI=1S/C15H10F6O6S2/c16-14(17,18)10-5-1-3-7-12(10)26-28(22,23)9-29(24,25)27-13-8-4-2-6-11(13)15(19,20)21/h1-8H,9H2. The first-order chi connectivity index (χ1) is 13.1. The molecule has 0 atom stereocenters. The number of rotatable bonds is 6. The van der Waals surface area contributed by atoms with Gasteiger partial charge in [-0.15, -0.1) is 0 Å². The van der Waals surface area contributed by atoms with Gasteiger partial charge in [-0.05, 0) is 24.3 Å². The highest BCUT2D eigenvalue weighted by Crippen LogP contribution is 2.38. The van der Waals surface area contributed by atoms with Gasteiger partial charge >= 0.3 is 32.6 Å². The highest BCUT2D eigenvalue weighted by Gasteiger charge is 2.38. The molecule has 0 saturated carbocycles. The van der Waals surface area contributed by atoms with Crippen LogP contribution in [-0.2, 0) is 32.6 Å². The molecule has 0 N–H and O–H groups in total. The average Bonchev–Trinajstić information content (AvgIpc) is 2.51. The van der Waals surface area contributed by atoms with Crippen LogP contribution in [0.3, 0.4) is 0 Å². The number of para-hydroxylation sites is 2. The third kappa shape index (κ3) is 6.25. The van der Waals surface area contributed by atoms with E-state index in [1.165, 1.54) is 0 Å². The lowest BCUT2D eigenvalue weighted by atomic mass is 10.2. The predicted octanol–water partition coefficient (Wildman–Crippen LogP) is 3.80. The summed E-state index contributed by atoms with van der Waals surface area (Å²) < 4.78 is 133. The molecule has 6 nitrogen and oxygen atoms in total. The zero-order chi connectivity index (χ0) is 22.1. The smallest absolute Gasteiger partial charge is 0.381 e. The molecule has 0 amide bonds. The van der Waals surface area contributed by atoms with E-state index in [9.17, 15) is 43.2 Å². The van der Waals surface area contributed by atoms with E-state index >= 15 is 0 Å². The van der Waals surface area contributed by atoms with Gasteiger partial charge in [0.1, 0.15) is 0 Å². The molecule has 2 aromatic rings. The topological polar surface area (TPSA) is 86.7 Å². The predicted molar refractivity (Wildman–Crippen MR) is 86.9 cm³/mol. The Balaban J connectivity index is 2.28. The van der Waals surface area contributed by atoms with Crippen LogP contribution in [0.4, 0.5) is 26.3 Å². The number of hydrogen-bond acceptors (Lipinski definition) is 6. The quantitative estimate of drug-likeness (QED) is 0.478. The Bertz CT molecular complexity index is 1000. The Kier molecular flexibility index (Phi) is 6.09. The lowest BCUT2D eigenvalue weighted by Crippen LogP contribution is -2.26. The summed E-state index contributed by atoms with van der Waals surface area (Å²) >= 11 is 0. The molecule has 0 aliphatic rings. The fourth-order valence-corrected chi connectivity index (χ4v) is 4.68. The summed E-state index contributed by atoms with van der Waals surface area (Å²) in [5, 5.41) is -2.03. The first-order valence-electron chi connectivity index (χ1n) is 7.27. The summed E-state index contributed by atoms with van der Waals surface area (Å²) in [7, 11) is -10.5. The Morgan fingerprint density at radius 2 is 0.931 bits per heavy atom. The maximum atomic E-state index is 12.9. The third-order valence-electron chi connectivity index (χ3n) is 3.11. The molecule has 0 unspecified atom stereocenters. The normalized spacial score (nSPS) is 13.2. The maximum absolute atomic E-state index is 12.9. The van der Waals surface area contributed by atoms with Crippen molar-refractivity contribution in [2.75, 3.05) is 5.08 Å². The summed E-state index contributed by atoms with van der Waals surface area (Å²) in [6.07, 6.45) is -10.0. The monoisotopic (exact) mass is 464 g/mol. The lowest BCUT2D eigenvalue weighted by molar-refractivity contribution is -0.139. The van der Waals surface area contributed by atoms with E-state index in [0.29, 0.717) is 24.3 Å². The molecule has 0 aromatic heterocycles. The number of halogens is 6. The van der Waals surface area contributed by atoms with E-state index in [2.05, 4.69) is 8.37 Å². The number of alkyl halides is 6. The minimum absolute atomic E-state index is 0.495. The average molecular weight is 464 g/mol. The second-order valence-corrected chi connectivity index (χ2v) is 8.89. The second kappa shape index (κ2) is 7.74. The van der Waals surface area contributed by atoms with Crippen molar-refractivity contribution in [3.63, 3.8) is 0 Å². The molecule has 0 aliphatic heterocycles. The van der Waals surface area contributed by atoms with E-state index in [1.807, 2.05) is 0 Å². The van der Waals surface area contributed by atoms with Crippen molar-refractivity contribution in [2.24, 2.45) is 0 Å². The van der Waals surface area contributed by atoms with Crippen LogP contribution < -0.4 is 8.37 Å². The lowest BCUT2D eigenvalue weighted by Gasteiger charge is -2.15. The molecule has 29 heavy (non-hydrogen) atoms. The van der Waals surface area contributed by atoms with Crippen molar-refractivity contribution in [2.45, 2.75) is 12.4 Å². The number of hydrogen-bond donors (Lipinski definition) is 0. The minimum atomic E-state index is -5.24. The number of benzene rings is 2. The third-order valence-corrected chi connectivity index (χ3v) is 6.28. The van der Waals surface area contributed by atoms with Crippen molar-refractivity contribution in [1.29, 1.82) is 0 Å². The van der Waals surface area contributed by atoms with Gasteiger partial charge in [-0.1, -0.05) is 24.3 Å². The zero-order valence-electron chi connectivity index (χ0n) is 13.9. The van der Waals surface area contributed by atoms with Crippen LogP contribution in [0.1, 0.15) is 11.1 Å². The van der Waals surface area contributed by atoms with Crippen LogP contribution in [0.15, 0.2) is 48.5 Å². The van der Waals surface area contributed by atoms with Crippen LogP contribution in [0, 0.1) is 0 Å². The van der Waals surface area contributed by atoms with Crippen LogP contribution in [0.25, 0.3) is 0 Å². The van der Waals surface area contributed by atoms with Crippen molar-refractivity contribution < 1.29 is 51.5 Å². The first-order valence-corrected chi connectivity index (χ1v) is 10.4. The van der Waals surface area contributed by atoms with Gasteiger partial charge in [0.25, 0.3) is 0 Å². The van der Waals surface area contributed by atoms with Gasteiger partial charge in [-0.25, -0.2) is 0 Å². The van der Waals surface area contributed by atoms with Crippen molar-refractivity contribution in [3.05, 3.63) is 59.7 Å². The Morgan fingerprint density at radius 3 is 1.24 bits per heavy atom. The maximum Gasteiger partial charge on any atom is 0.420 e. The summed E-state index contributed by atoms with van der Waals surface area (Å²) in [6, 6.07) is 6.15. The molecular weight excluding hydrogens is 454 g/mol. The molecule has 2 rings (SSSR count). The second-order valence-electron chi connectivity index (χ2n) is 5.39. The van der Waals surface area contributed by atoms with Gasteiger partial charge in [0.15, 0.2) is 11.5 Å². The highest BCUT2D eigenvalue weighted by atomic mass is 32.3. The van der Waals surface area contributed by atoms with Crippen LogP contribution in [-0.4, -0.2) is 21.9 Å². The van der Waals surface area contributed by atoms with Crippen LogP contribution in [0.5, 0.6) is 11.5 Å². The van der Waals surface area contributed by atoms with Crippen LogP contribution in [0.2, 0.25) is 0 Å². The molecule has 160 valence electrons. The molecule has 0 heterocycles. The largest absolute Gasteiger partial charge is 0.420 e. The van der Waals surface area contributed by atoms with E-state index in [-0.39, 0.29) is 0 Å². The molecule has 0 radical (unpaired) electrons. The van der Waals surface area contributed by atoms with Crippen molar-refractivity contribution >= 4 is 20.2 Å². The molecular formula is C15H10F6O6S2. The molecule has 2 aromatic carbocycles. The van der Waals surface area contributed by atoms with Crippen molar-refractivity contribution in [3.8, 4) is 11.5 Å². The van der Waals surface area contributed by atoms with Crippen molar-refractivity contribution in [1.82, 2.24) is 0 Å². The van der Waals surface area contributed by atoms with Gasteiger partial charge in [-0.3, -0.25) is 0 Å². The Labute approximate surface area is 160 Å². The molecule has 14 heteroatoms. The fraction of sp³-hybridized carbons (Fsp3) is 0.200. The van der Waals surface area contributed by atoms with Gasteiger partial charge in [0, 0.05) is 0 Å². The van der Waals surface area contributed by atoms with E-state index in [1.54, 1.807) is 0 Å². The van der Waals surface area contributed by atoms with E-state index in [4.69, 9.17) is 0 Å². The Hall–Kier alpha value is -2.48. The van der Waals surface area contributed by atoms with Gasteiger partial charge in [0.2, 0.25) is 5.08 Å². The van der Waals surface area contributed by atoms with Crippen LogP contribution >= 0.6 is 0 Å². The van der Waals surface area contributed by atoms with Gasteiger partial charge < -0.3 is 8.37 Å². The molecule has 0 fully saturated rings. The van der Waals surface area contributed by atoms with E-state index < -0.39 is 60.3 Å². The summed E-state index contributed by atoms with van der Waals surface area (Å²) in [5.41, 5.74) is -2.99.